The molecule has 6 heteroatoms. The van der Waals surface area contributed by atoms with Crippen LogP contribution in [0.5, 0.6) is 11.5 Å². The third-order valence-corrected chi connectivity index (χ3v) is 2.78. The molecule has 0 saturated carbocycles. The highest BCUT2D eigenvalue weighted by Crippen LogP contribution is 2.28. The van der Waals surface area contributed by atoms with Gasteiger partial charge in [0, 0.05) is 12.1 Å². The van der Waals surface area contributed by atoms with E-state index in [0.29, 0.717) is 22.8 Å². The number of benzene rings is 1. The molecule has 0 unspecified atom stereocenters. The van der Waals surface area contributed by atoms with Gasteiger partial charge in [-0.1, -0.05) is 0 Å². The third-order valence-electron chi connectivity index (χ3n) is 2.78. The van der Waals surface area contributed by atoms with Crippen molar-refractivity contribution in [3.8, 4) is 11.5 Å². The molecule has 0 radical (unpaired) electrons. The van der Waals surface area contributed by atoms with E-state index < -0.39 is 11.0 Å². The van der Waals surface area contributed by atoms with Crippen molar-refractivity contribution in [1.29, 1.82) is 0 Å². The van der Waals surface area contributed by atoms with Crippen molar-refractivity contribution < 1.29 is 14.8 Å². The first-order valence-electron chi connectivity index (χ1n) is 6.04. The van der Waals surface area contributed by atoms with Gasteiger partial charge in [0.05, 0.1) is 22.9 Å². The summed E-state index contributed by atoms with van der Waals surface area (Å²) in [5.41, 5.74) is 1.24. The predicted octanol–water partition coefficient (Wildman–Crippen LogP) is 3.14. The van der Waals surface area contributed by atoms with E-state index in [0.717, 1.165) is 0 Å². The normalized spacial score (nSPS) is 11.9. The van der Waals surface area contributed by atoms with Gasteiger partial charge in [0.25, 0.3) is 5.69 Å². The number of ether oxygens (including phenoxy) is 1. The number of nitro groups is 1. The van der Waals surface area contributed by atoms with Gasteiger partial charge in [-0.3, -0.25) is 15.1 Å². The highest BCUT2D eigenvalue weighted by atomic mass is 16.6. The Bertz CT molecular complexity index is 624. The van der Waals surface area contributed by atoms with Crippen LogP contribution in [0.4, 0.5) is 5.69 Å². The summed E-state index contributed by atoms with van der Waals surface area (Å²) in [4.78, 5) is 14.3. The first-order valence-corrected chi connectivity index (χ1v) is 6.04. The standard InChI is InChI=1S/C14H14N2O4/c1-9-7-11(16(18)19)3-6-14(9)20-12-4-5-13(10(2)17)15-8-12/h3-8,10,17H,1-2H3/t10-/m0/s1. The minimum absolute atomic E-state index is 0.0254. The number of non-ortho nitro benzene ring substituents is 1. The highest BCUT2D eigenvalue weighted by molar-refractivity contribution is 5.44. The largest absolute Gasteiger partial charge is 0.455 e. The molecule has 0 fully saturated rings. The molecule has 2 rings (SSSR count). The first-order chi connectivity index (χ1) is 9.47. The lowest BCUT2D eigenvalue weighted by atomic mass is 10.2. The maximum Gasteiger partial charge on any atom is 0.269 e. The van der Waals surface area contributed by atoms with Crippen LogP contribution in [0.2, 0.25) is 0 Å². The fourth-order valence-corrected chi connectivity index (χ4v) is 1.69. The van der Waals surface area contributed by atoms with E-state index in [2.05, 4.69) is 4.98 Å². The number of hydrogen-bond donors (Lipinski definition) is 1. The Morgan fingerprint density at radius 1 is 1.35 bits per heavy atom. The topological polar surface area (TPSA) is 85.5 Å². The molecule has 0 aliphatic heterocycles. The molecule has 0 saturated heterocycles. The van der Waals surface area contributed by atoms with Crippen molar-refractivity contribution in [2.24, 2.45) is 0 Å². The molecule has 1 heterocycles. The van der Waals surface area contributed by atoms with Crippen molar-refractivity contribution >= 4 is 5.69 Å². The Morgan fingerprint density at radius 3 is 2.60 bits per heavy atom. The Kier molecular flexibility index (Phi) is 3.95. The number of rotatable bonds is 4. The quantitative estimate of drug-likeness (QED) is 0.683. The van der Waals surface area contributed by atoms with Gasteiger partial charge < -0.3 is 9.84 Å². The Labute approximate surface area is 115 Å². The summed E-state index contributed by atoms with van der Waals surface area (Å²) in [6.07, 6.45) is 0.869. The SMILES string of the molecule is Cc1cc([N+](=O)[O-])ccc1Oc1ccc([C@H](C)O)nc1. The van der Waals surface area contributed by atoms with Gasteiger partial charge in [0.15, 0.2) is 0 Å². The van der Waals surface area contributed by atoms with Crippen LogP contribution in [0.15, 0.2) is 36.5 Å². The number of nitrogens with zero attached hydrogens (tertiary/aromatic N) is 2. The van der Waals surface area contributed by atoms with E-state index in [1.54, 1.807) is 32.0 Å². The van der Waals surface area contributed by atoms with Gasteiger partial charge >= 0.3 is 0 Å². The second kappa shape index (κ2) is 5.66. The van der Waals surface area contributed by atoms with Gasteiger partial charge in [0.2, 0.25) is 0 Å². The van der Waals surface area contributed by atoms with Crippen molar-refractivity contribution in [2.75, 3.05) is 0 Å². The number of nitro benzene ring substituents is 1. The Balaban J connectivity index is 2.19. The lowest BCUT2D eigenvalue weighted by Gasteiger charge is -2.09. The van der Waals surface area contributed by atoms with Crippen LogP contribution in [0.1, 0.15) is 24.3 Å². The predicted molar refractivity (Wildman–Crippen MR) is 72.8 cm³/mol. The van der Waals surface area contributed by atoms with Crippen LogP contribution in [-0.4, -0.2) is 15.0 Å². The molecule has 1 atom stereocenters. The zero-order valence-corrected chi connectivity index (χ0v) is 11.1. The van der Waals surface area contributed by atoms with E-state index in [-0.39, 0.29) is 5.69 Å². The van der Waals surface area contributed by atoms with Crippen molar-refractivity contribution in [3.63, 3.8) is 0 Å². The summed E-state index contributed by atoms with van der Waals surface area (Å²) in [5, 5.41) is 20.0. The fraction of sp³-hybridized carbons (Fsp3) is 0.214. The molecule has 2 aromatic rings. The van der Waals surface area contributed by atoms with Crippen molar-refractivity contribution in [1.82, 2.24) is 4.98 Å². The van der Waals surface area contributed by atoms with Gasteiger partial charge in [-0.25, -0.2) is 0 Å². The minimum Gasteiger partial charge on any atom is -0.455 e. The van der Waals surface area contributed by atoms with Crippen molar-refractivity contribution in [2.45, 2.75) is 20.0 Å². The van der Waals surface area contributed by atoms with E-state index in [9.17, 15) is 15.2 Å². The Hall–Kier alpha value is -2.47. The molecular formula is C14H14N2O4. The number of hydrogen-bond acceptors (Lipinski definition) is 5. The van der Waals surface area contributed by atoms with Crippen LogP contribution >= 0.6 is 0 Å². The maximum atomic E-state index is 10.7. The lowest BCUT2D eigenvalue weighted by molar-refractivity contribution is -0.384. The molecule has 20 heavy (non-hydrogen) atoms. The van der Waals surface area contributed by atoms with Crippen LogP contribution in [0.25, 0.3) is 0 Å². The monoisotopic (exact) mass is 274 g/mol. The molecule has 104 valence electrons. The summed E-state index contributed by atoms with van der Waals surface area (Å²) in [5.74, 6) is 1.04. The molecule has 1 aromatic carbocycles. The average molecular weight is 274 g/mol. The summed E-state index contributed by atoms with van der Waals surface area (Å²) >= 11 is 0. The molecule has 0 bridgehead atoms. The molecule has 0 aliphatic rings. The highest BCUT2D eigenvalue weighted by Gasteiger charge is 2.10. The molecular weight excluding hydrogens is 260 g/mol. The van der Waals surface area contributed by atoms with Crippen LogP contribution in [-0.2, 0) is 0 Å². The van der Waals surface area contributed by atoms with Crippen molar-refractivity contribution in [3.05, 3.63) is 57.9 Å². The zero-order valence-electron chi connectivity index (χ0n) is 11.1. The maximum absolute atomic E-state index is 10.7. The lowest BCUT2D eigenvalue weighted by Crippen LogP contribution is -1.96. The number of aryl methyl sites for hydroxylation is 1. The fourth-order valence-electron chi connectivity index (χ4n) is 1.69. The van der Waals surface area contributed by atoms with E-state index in [1.807, 2.05) is 0 Å². The molecule has 0 aliphatic carbocycles. The molecule has 0 amide bonds. The van der Waals surface area contributed by atoms with Crippen LogP contribution < -0.4 is 4.74 Å². The van der Waals surface area contributed by atoms with Gasteiger partial charge in [-0.15, -0.1) is 0 Å². The zero-order chi connectivity index (χ0) is 14.7. The van der Waals surface area contributed by atoms with E-state index >= 15 is 0 Å². The molecule has 1 aromatic heterocycles. The second-order valence-corrected chi connectivity index (χ2v) is 4.40. The number of pyridine rings is 1. The average Bonchev–Trinajstić information content (AvgIpc) is 2.41. The minimum atomic E-state index is -0.634. The molecule has 6 nitrogen and oxygen atoms in total. The Morgan fingerprint density at radius 2 is 2.10 bits per heavy atom. The van der Waals surface area contributed by atoms with Crippen LogP contribution in [0.3, 0.4) is 0 Å². The third kappa shape index (κ3) is 3.10. The summed E-state index contributed by atoms with van der Waals surface area (Å²) < 4.78 is 5.61. The van der Waals surface area contributed by atoms with Gasteiger partial charge in [-0.05, 0) is 37.6 Å². The first kappa shape index (κ1) is 14.0. The summed E-state index contributed by atoms with van der Waals surface area (Å²) in [6.45, 7) is 3.36. The molecule has 0 spiro atoms. The summed E-state index contributed by atoms with van der Waals surface area (Å²) in [6, 6.07) is 7.75. The number of aliphatic hydroxyl groups is 1. The summed E-state index contributed by atoms with van der Waals surface area (Å²) in [7, 11) is 0. The number of aliphatic hydroxyl groups excluding tert-OH is 1. The molecule has 1 N–H and O–H groups in total. The second-order valence-electron chi connectivity index (χ2n) is 4.40. The van der Waals surface area contributed by atoms with Gasteiger partial charge in [0.1, 0.15) is 11.5 Å². The van der Waals surface area contributed by atoms with Crippen LogP contribution in [0, 0.1) is 17.0 Å². The van der Waals surface area contributed by atoms with Gasteiger partial charge in [-0.2, -0.15) is 0 Å². The van der Waals surface area contributed by atoms with E-state index in [4.69, 9.17) is 4.74 Å². The smallest absolute Gasteiger partial charge is 0.269 e. The van der Waals surface area contributed by atoms with E-state index in [1.165, 1.54) is 18.3 Å². The number of aromatic nitrogens is 1.